The van der Waals surface area contributed by atoms with Crippen LogP contribution in [0.25, 0.3) is 98.8 Å². The number of hydrogen-bond donors (Lipinski definition) is 0. The van der Waals surface area contributed by atoms with Gasteiger partial charge in [-0.3, -0.25) is 9.80 Å². The van der Waals surface area contributed by atoms with Gasteiger partial charge in [-0.05, 0) is 129 Å². The van der Waals surface area contributed by atoms with E-state index in [1.54, 1.807) is 0 Å². The summed E-state index contributed by atoms with van der Waals surface area (Å²) in [6.45, 7) is 0. The van der Waals surface area contributed by atoms with Gasteiger partial charge < -0.3 is 17.7 Å². The summed E-state index contributed by atoms with van der Waals surface area (Å²) >= 11 is 0. The van der Waals surface area contributed by atoms with Crippen molar-refractivity contribution in [2.45, 2.75) is 0 Å². The molecule has 10 aromatic carbocycles. The molecule has 0 aliphatic carbocycles. The second-order valence-corrected chi connectivity index (χ2v) is 16.9. The maximum absolute atomic E-state index is 6.77. The monoisotopic (exact) mass is 848 g/mol. The predicted octanol–water partition coefficient (Wildman–Crippen LogP) is 17.8. The molecule has 14 rings (SSSR count). The largest absolute Gasteiger partial charge is 0.456 e. The van der Waals surface area contributed by atoms with Gasteiger partial charge in [0.2, 0.25) is 11.8 Å². The molecule has 310 valence electrons. The first-order valence-electron chi connectivity index (χ1n) is 22.1. The van der Waals surface area contributed by atoms with Crippen molar-refractivity contribution in [1.29, 1.82) is 0 Å². The van der Waals surface area contributed by atoms with Crippen LogP contribution in [-0.4, -0.2) is 0 Å². The van der Waals surface area contributed by atoms with Crippen LogP contribution in [0.4, 0.5) is 34.5 Å². The van der Waals surface area contributed by atoms with Crippen LogP contribution in [0, 0.1) is 0 Å². The third kappa shape index (κ3) is 5.75. The van der Waals surface area contributed by atoms with E-state index in [1.165, 1.54) is 10.8 Å². The molecule has 66 heavy (non-hydrogen) atoms. The Morgan fingerprint density at radius 2 is 0.591 bits per heavy atom. The zero-order valence-corrected chi connectivity index (χ0v) is 35.3. The highest BCUT2D eigenvalue weighted by Gasteiger charge is 2.23. The van der Waals surface area contributed by atoms with Gasteiger partial charge in [-0.1, -0.05) is 109 Å². The first kappa shape index (κ1) is 36.5. The van der Waals surface area contributed by atoms with Gasteiger partial charge in [0.25, 0.3) is 0 Å². The Morgan fingerprint density at radius 3 is 0.955 bits per heavy atom. The summed E-state index contributed by atoms with van der Waals surface area (Å²) in [6.07, 6.45) is 0. The predicted molar refractivity (Wildman–Crippen MR) is 269 cm³/mol. The van der Waals surface area contributed by atoms with E-state index in [1.807, 2.05) is 72.8 Å². The molecular weight excluding hydrogens is 813 g/mol. The molecule has 0 N–H and O–H groups in total. The molecule has 6 heteroatoms. The highest BCUT2D eigenvalue weighted by Crippen LogP contribution is 2.47. The van der Waals surface area contributed by atoms with E-state index >= 15 is 0 Å². The Balaban J connectivity index is 0.846. The summed E-state index contributed by atoms with van der Waals surface area (Å²) in [5.41, 5.74) is 9.38. The number of fused-ring (bicyclic) bond motifs is 4. The van der Waals surface area contributed by atoms with Crippen LogP contribution in [0.15, 0.2) is 236 Å². The summed E-state index contributed by atoms with van der Waals surface area (Å²) in [5, 5.41) is 10.8. The number of para-hydroxylation sites is 4. The third-order valence-electron chi connectivity index (χ3n) is 12.9. The van der Waals surface area contributed by atoms with Gasteiger partial charge in [0.1, 0.15) is 33.9 Å². The average molecular weight is 849 g/mol. The molecule has 0 fully saturated rings. The van der Waals surface area contributed by atoms with E-state index in [2.05, 4.69) is 155 Å². The maximum atomic E-state index is 6.77. The number of benzene rings is 10. The van der Waals surface area contributed by atoms with Gasteiger partial charge in [-0.25, -0.2) is 0 Å². The smallest absolute Gasteiger partial charge is 0.205 e. The highest BCUT2D eigenvalue weighted by atomic mass is 16.4. The summed E-state index contributed by atoms with van der Waals surface area (Å²) in [5.74, 6) is 3.10. The first-order valence-corrected chi connectivity index (χ1v) is 22.1. The van der Waals surface area contributed by atoms with Crippen LogP contribution in [0.5, 0.6) is 0 Å². The van der Waals surface area contributed by atoms with Crippen LogP contribution in [0.3, 0.4) is 0 Å². The van der Waals surface area contributed by atoms with E-state index in [4.69, 9.17) is 17.7 Å². The quantitative estimate of drug-likeness (QED) is 0.142. The van der Waals surface area contributed by atoms with E-state index < -0.39 is 0 Å². The Hall–Kier alpha value is -9.00. The fourth-order valence-corrected chi connectivity index (χ4v) is 9.98. The summed E-state index contributed by atoms with van der Waals surface area (Å²) in [4.78, 5) is 4.27. The molecule has 14 aromatic rings. The zero-order chi connectivity index (χ0) is 43.3. The molecule has 0 saturated carbocycles. The van der Waals surface area contributed by atoms with Crippen molar-refractivity contribution in [1.82, 2.24) is 0 Å². The standard InChI is InChI=1S/C60H36N2O4/c1-5-17-43(18-6-1)61(44-19-7-2-8-20-44)57-35-41-31-51-39(29-53(41)65-57)33-55(63-51)49-27-37-15-14-26-48-50(28-38-16-13-25-47(49)59(38)60(37)48)56-34-40-30-54-42(32-52(40)64-56)36-58(66-54)62(45-21-9-3-10-22-45)46-23-11-4-12-24-46/h1-36H. The first-order chi connectivity index (χ1) is 32.7. The second-order valence-electron chi connectivity index (χ2n) is 16.9. The fourth-order valence-electron chi connectivity index (χ4n) is 9.98. The van der Waals surface area contributed by atoms with Crippen molar-refractivity contribution in [2.75, 3.05) is 9.80 Å². The van der Waals surface area contributed by atoms with Crippen molar-refractivity contribution < 1.29 is 17.7 Å². The van der Waals surface area contributed by atoms with Gasteiger partial charge in [0.05, 0.1) is 0 Å². The van der Waals surface area contributed by atoms with Crippen LogP contribution in [0.2, 0.25) is 0 Å². The molecule has 0 aliphatic heterocycles. The SMILES string of the molecule is c1ccc(N(c2ccccc2)c2cc3cc4oc(-c5cc6cccc7c(-c8cc9cc%10oc(N(c%11ccccc%11)c%11ccccc%11)cc%10cc9o8)cc8cccc5c8c67)cc4cc3o2)cc1. The lowest BCUT2D eigenvalue weighted by Gasteiger charge is -2.22. The van der Waals surface area contributed by atoms with Crippen molar-refractivity contribution in [3.8, 4) is 22.6 Å². The second kappa shape index (κ2) is 14.3. The Bertz CT molecular complexity index is 3660. The molecule has 0 atom stereocenters. The van der Waals surface area contributed by atoms with Gasteiger partial charge in [-0.2, -0.15) is 0 Å². The van der Waals surface area contributed by atoms with Crippen LogP contribution < -0.4 is 9.80 Å². The lowest BCUT2D eigenvalue weighted by Crippen LogP contribution is -2.08. The molecule has 0 aliphatic rings. The molecule has 6 nitrogen and oxygen atoms in total. The van der Waals surface area contributed by atoms with Crippen LogP contribution in [-0.2, 0) is 0 Å². The number of hydrogen-bond acceptors (Lipinski definition) is 6. The minimum atomic E-state index is 0.738. The normalized spacial score (nSPS) is 11.9. The molecule has 0 unspecified atom stereocenters. The fraction of sp³-hybridized carbons (Fsp3) is 0. The van der Waals surface area contributed by atoms with Gasteiger partial charge >= 0.3 is 0 Å². The number of nitrogens with zero attached hydrogens (tertiary/aromatic N) is 2. The minimum Gasteiger partial charge on any atom is -0.456 e. The molecular formula is C60H36N2O4. The molecule has 0 radical (unpaired) electrons. The van der Waals surface area contributed by atoms with Gasteiger partial charge in [0, 0.05) is 67.6 Å². The van der Waals surface area contributed by atoms with Gasteiger partial charge in [0.15, 0.2) is 0 Å². The van der Waals surface area contributed by atoms with Crippen LogP contribution >= 0.6 is 0 Å². The lowest BCUT2D eigenvalue weighted by molar-refractivity contribution is 0.619. The van der Waals surface area contributed by atoms with Crippen molar-refractivity contribution >= 4 is 111 Å². The van der Waals surface area contributed by atoms with Gasteiger partial charge in [-0.15, -0.1) is 0 Å². The zero-order valence-electron chi connectivity index (χ0n) is 35.3. The molecule has 0 spiro atoms. The number of furan rings is 4. The molecule has 4 aromatic heterocycles. The highest BCUT2D eigenvalue weighted by molar-refractivity contribution is 6.29. The third-order valence-corrected chi connectivity index (χ3v) is 12.9. The summed E-state index contributed by atoms with van der Waals surface area (Å²) in [6, 6.07) is 75.6. The van der Waals surface area contributed by atoms with E-state index in [0.29, 0.717) is 0 Å². The maximum Gasteiger partial charge on any atom is 0.205 e. The average Bonchev–Trinajstić information content (AvgIpc) is 4.17. The number of rotatable bonds is 8. The van der Waals surface area contributed by atoms with Crippen LogP contribution in [0.1, 0.15) is 0 Å². The molecule has 0 saturated heterocycles. The topological polar surface area (TPSA) is 59.0 Å². The summed E-state index contributed by atoms with van der Waals surface area (Å²) < 4.78 is 26.8. The Morgan fingerprint density at radius 1 is 0.258 bits per heavy atom. The minimum absolute atomic E-state index is 0.738. The Labute approximate surface area is 377 Å². The molecule has 4 heterocycles. The number of anilines is 6. The lowest BCUT2D eigenvalue weighted by atomic mass is 9.88. The van der Waals surface area contributed by atoms with E-state index in [-0.39, 0.29) is 0 Å². The van der Waals surface area contributed by atoms with Crippen molar-refractivity contribution in [3.05, 3.63) is 218 Å². The summed E-state index contributed by atoms with van der Waals surface area (Å²) in [7, 11) is 0. The molecule has 0 bridgehead atoms. The Kier molecular flexibility index (Phi) is 7.88. The van der Waals surface area contributed by atoms with Crippen molar-refractivity contribution in [3.63, 3.8) is 0 Å². The van der Waals surface area contributed by atoms with Crippen molar-refractivity contribution in [2.24, 2.45) is 0 Å². The van der Waals surface area contributed by atoms with E-state index in [0.717, 1.165) is 123 Å². The van der Waals surface area contributed by atoms with E-state index in [9.17, 15) is 0 Å². The molecule has 0 amide bonds.